The Morgan fingerprint density at radius 2 is 2.10 bits per heavy atom. The normalized spacial score (nSPS) is 26.8. The van der Waals surface area contributed by atoms with Crippen LogP contribution in [0.25, 0.3) is 0 Å². The van der Waals surface area contributed by atoms with E-state index >= 15 is 0 Å². The maximum absolute atomic E-state index is 6.16. The van der Waals surface area contributed by atoms with E-state index in [4.69, 9.17) is 4.74 Å². The van der Waals surface area contributed by atoms with Crippen molar-refractivity contribution >= 4 is 5.82 Å². The summed E-state index contributed by atoms with van der Waals surface area (Å²) in [5, 5.41) is 2.97. The summed E-state index contributed by atoms with van der Waals surface area (Å²) in [6.45, 7) is 7.50. The molecule has 4 nitrogen and oxygen atoms in total. The van der Waals surface area contributed by atoms with Crippen molar-refractivity contribution in [1.29, 1.82) is 0 Å². The molecule has 0 aliphatic heterocycles. The zero-order valence-corrected chi connectivity index (χ0v) is 13.1. The standard InChI is InChI=1S/C16H27N3O/c1-11(2)14-6-5-12(3)7-15(14)20-10-13-8-19-16(17-4)9-18-13/h8-9,11-12,14-15H,5-7,10H2,1-4H3,(H,17,19). The zero-order chi connectivity index (χ0) is 14.5. The molecule has 0 spiro atoms. The molecule has 0 radical (unpaired) electrons. The molecule has 0 saturated heterocycles. The van der Waals surface area contributed by atoms with Crippen LogP contribution in [0.2, 0.25) is 0 Å². The van der Waals surface area contributed by atoms with Crippen LogP contribution < -0.4 is 5.32 Å². The Morgan fingerprint density at radius 3 is 2.70 bits per heavy atom. The molecule has 1 aromatic heterocycles. The van der Waals surface area contributed by atoms with Crippen molar-refractivity contribution in [3.63, 3.8) is 0 Å². The smallest absolute Gasteiger partial charge is 0.144 e. The van der Waals surface area contributed by atoms with Crippen molar-refractivity contribution in [3.8, 4) is 0 Å². The highest BCUT2D eigenvalue weighted by Crippen LogP contribution is 2.35. The first-order valence-electron chi connectivity index (χ1n) is 7.70. The van der Waals surface area contributed by atoms with Crippen LogP contribution in [-0.2, 0) is 11.3 Å². The molecule has 0 amide bonds. The van der Waals surface area contributed by atoms with Gasteiger partial charge in [-0.25, -0.2) is 4.98 Å². The van der Waals surface area contributed by atoms with Gasteiger partial charge < -0.3 is 10.1 Å². The van der Waals surface area contributed by atoms with E-state index in [1.807, 2.05) is 7.05 Å². The lowest BCUT2D eigenvalue weighted by Gasteiger charge is -2.37. The van der Waals surface area contributed by atoms with Crippen molar-refractivity contribution in [3.05, 3.63) is 18.1 Å². The maximum atomic E-state index is 6.16. The predicted molar refractivity (Wildman–Crippen MR) is 81.5 cm³/mol. The van der Waals surface area contributed by atoms with Crippen molar-refractivity contribution < 1.29 is 4.74 Å². The topological polar surface area (TPSA) is 47.0 Å². The molecule has 1 aliphatic rings. The van der Waals surface area contributed by atoms with Gasteiger partial charge in [0.25, 0.3) is 0 Å². The summed E-state index contributed by atoms with van der Waals surface area (Å²) in [6, 6.07) is 0. The van der Waals surface area contributed by atoms with Gasteiger partial charge in [-0.2, -0.15) is 0 Å². The summed E-state index contributed by atoms with van der Waals surface area (Å²) < 4.78 is 6.16. The van der Waals surface area contributed by atoms with Crippen LogP contribution in [0.15, 0.2) is 12.4 Å². The average molecular weight is 277 g/mol. The SMILES string of the molecule is CNc1cnc(COC2CC(C)CCC2C(C)C)cn1. The minimum absolute atomic E-state index is 0.365. The van der Waals surface area contributed by atoms with E-state index < -0.39 is 0 Å². The van der Waals surface area contributed by atoms with Gasteiger partial charge in [0.2, 0.25) is 0 Å². The number of aromatic nitrogens is 2. The van der Waals surface area contributed by atoms with Gasteiger partial charge in [-0.15, -0.1) is 0 Å². The van der Waals surface area contributed by atoms with Crippen molar-refractivity contribution in [2.75, 3.05) is 12.4 Å². The monoisotopic (exact) mass is 277 g/mol. The second-order valence-corrected chi connectivity index (χ2v) is 6.32. The van der Waals surface area contributed by atoms with Crippen molar-refractivity contribution in [2.24, 2.45) is 17.8 Å². The van der Waals surface area contributed by atoms with Crippen molar-refractivity contribution in [1.82, 2.24) is 9.97 Å². The third-order valence-corrected chi connectivity index (χ3v) is 4.37. The molecule has 4 heteroatoms. The predicted octanol–water partition coefficient (Wildman–Crippen LogP) is 3.50. The first kappa shape index (κ1) is 15.2. The van der Waals surface area contributed by atoms with Crippen LogP contribution in [0, 0.1) is 17.8 Å². The number of rotatable bonds is 5. The second kappa shape index (κ2) is 7.02. The fourth-order valence-corrected chi connectivity index (χ4v) is 3.06. The van der Waals surface area contributed by atoms with Gasteiger partial charge in [0, 0.05) is 7.05 Å². The average Bonchev–Trinajstić information content (AvgIpc) is 2.45. The molecule has 20 heavy (non-hydrogen) atoms. The largest absolute Gasteiger partial charge is 0.372 e. The van der Waals surface area contributed by atoms with E-state index in [1.165, 1.54) is 19.3 Å². The maximum Gasteiger partial charge on any atom is 0.144 e. The minimum Gasteiger partial charge on any atom is -0.372 e. The van der Waals surface area contributed by atoms with E-state index in [-0.39, 0.29) is 0 Å². The van der Waals surface area contributed by atoms with E-state index in [0.717, 1.165) is 17.4 Å². The summed E-state index contributed by atoms with van der Waals surface area (Å²) in [5.41, 5.74) is 0.907. The van der Waals surface area contributed by atoms with Crippen LogP contribution in [0.1, 0.15) is 45.7 Å². The second-order valence-electron chi connectivity index (χ2n) is 6.32. The molecule has 112 valence electrons. The van der Waals surface area contributed by atoms with Gasteiger partial charge in [-0.3, -0.25) is 4.98 Å². The molecule has 3 atom stereocenters. The Hall–Kier alpha value is -1.16. The Labute approximate surface area is 122 Å². The van der Waals surface area contributed by atoms with Crippen molar-refractivity contribution in [2.45, 2.75) is 52.7 Å². The molecule has 1 N–H and O–H groups in total. The highest BCUT2D eigenvalue weighted by Gasteiger charge is 2.31. The molecule has 0 aromatic carbocycles. The molecule has 1 saturated carbocycles. The number of hydrogen-bond donors (Lipinski definition) is 1. The summed E-state index contributed by atoms with van der Waals surface area (Å²) >= 11 is 0. The number of nitrogens with one attached hydrogen (secondary N) is 1. The van der Waals surface area contributed by atoms with Gasteiger partial charge in [-0.05, 0) is 30.6 Å². The van der Waals surface area contributed by atoms with Gasteiger partial charge in [0.15, 0.2) is 0 Å². The Kier molecular flexibility index (Phi) is 5.35. The van der Waals surface area contributed by atoms with Crippen LogP contribution in [0.5, 0.6) is 0 Å². The molecular weight excluding hydrogens is 250 g/mol. The molecular formula is C16H27N3O. The third-order valence-electron chi connectivity index (χ3n) is 4.37. The first-order valence-corrected chi connectivity index (χ1v) is 7.70. The van der Waals surface area contributed by atoms with E-state index in [1.54, 1.807) is 12.4 Å². The lowest BCUT2D eigenvalue weighted by molar-refractivity contribution is -0.0483. The molecule has 1 heterocycles. The van der Waals surface area contributed by atoms with Crippen LogP contribution in [0.3, 0.4) is 0 Å². The summed E-state index contributed by atoms with van der Waals surface area (Å²) in [5.74, 6) is 2.92. The summed E-state index contributed by atoms with van der Waals surface area (Å²) in [6.07, 6.45) is 7.70. The molecule has 2 rings (SSSR count). The quantitative estimate of drug-likeness (QED) is 0.895. The molecule has 1 aliphatic carbocycles. The first-order chi connectivity index (χ1) is 9.60. The lowest BCUT2D eigenvalue weighted by atomic mass is 9.75. The Balaban J connectivity index is 1.92. The highest BCUT2D eigenvalue weighted by atomic mass is 16.5. The molecule has 3 unspecified atom stereocenters. The van der Waals surface area contributed by atoms with Gasteiger partial charge in [0.1, 0.15) is 5.82 Å². The van der Waals surface area contributed by atoms with E-state index in [0.29, 0.717) is 24.5 Å². The molecule has 1 fully saturated rings. The lowest BCUT2D eigenvalue weighted by Crippen LogP contribution is -2.34. The highest BCUT2D eigenvalue weighted by molar-refractivity contribution is 5.29. The van der Waals surface area contributed by atoms with Gasteiger partial charge in [0.05, 0.1) is 30.8 Å². The number of hydrogen-bond acceptors (Lipinski definition) is 4. The number of anilines is 1. The van der Waals surface area contributed by atoms with Gasteiger partial charge >= 0.3 is 0 Å². The van der Waals surface area contributed by atoms with E-state index in [9.17, 15) is 0 Å². The minimum atomic E-state index is 0.365. The fourth-order valence-electron chi connectivity index (χ4n) is 3.06. The van der Waals surface area contributed by atoms with Crippen LogP contribution in [-0.4, -0.2) is 23.1 Å². The number of nitrogens with zero attached hydrogens (tertiary/aromatic N) is 2. The van der Waals surface area contributed by atoms with Crippen LogP contribution in [0.4, 0.5) is 5.82 Å². The summed E-state index contributed by atoms with van der Waals surface area (Å²) in [4.78, 5) is 8.65. The molecule has 1 aromatic rings. The van der Waals surface area contributed by atoms with Gasteiger partial charge in [-0.1, -0.05) is 27.2 Å². The Morgan fingerprint density at radius 1 is 1.30 bits per heavy atom. The van der Waals surface area contributed by atoms with E-state index in [2.05, 4.69) is 36.1 Å². The fraction of sp³-hybridized carbons (Fsp3) is 0.750. The third kappa shape index (κ3) is 3.92. The summed E-state index contributed by atoms with van der Waals surface area (Å²) in [7, 11) is 1.84. The van der Waals surface area contributed by atoms with Crippen LogP contribution >= 0.6 is 0 Å². The molecule has 0 bridgehead atoms. The Bertz CT molecular complexity index is 405. The zero-order valence-electron chi connectivity index (χ0n) is 13.1. The number of ether oxygens (including phenoxy) is 1.